The van der Waals surface area contributed by atoms with E-state index in [-0.39, 0.29) is 4.90 Å². The topological polar surface area (TPSA) is 71.1 Å². The molecule has 0 aliphatic rings. The van der Waals surface area contributed by atoms with Gasteiger partial charge in [0.05, 0.1) is 16.5 Å². The molecule has 0 aliphatic carbocycles. The number of thiazole rings is 1. The van der Waals surface area contributed by atoms with Crippen molar-refractivity contribution < 1.29 is 8.42 Å². The van der Waals surface area contributed by atoms with E-state index in [1.54, 1.807) is 29.6 Å². The maximum atomic E-state index is 12.0. The van der Waals surface area contributed by atoms with Gasteiger partial charge in [0.1, 0.15) is 0 Å². The van der Waals surface area contributed by atoms with Crippen molar-refractivity contribution in [2.24, 2.45) is 0 Å². The highest BCUT2D eigenvalue weighted by molar-refractivity contribution is 7.89. The zero-order chi connectivity index (χ0) is 13.9. The minimum atomic E-state index is -3.60. The smallest absolute Gasteiger partial charge is 0.257 e. The van der Waals surface area contributed by atoms with Gasteiger partial charge in [-0.3, -0.25) is 5.43 Å². The van der Waals surface area contributed by atoms with E-state index in [9.17, 15) is 8.42 Å². The number of hydrogen-bond donors (Lipinski definition) is 2. The highest BCUT2D eigenvalue weighted by Gasteiger charge is 2.13. The number of nitrogens with one attached hydrogen (secondary N) is 2. The number of hydrazine groups is 1. The molecule has 0 aliphatic heterocycles. The first-order chi connectivity index (χ1) is 9.01. The van der Waals surface area contributed by atoms with Crippen LogP contribution in [0.15, 0.2) is 34.5 Å². The zero-order valence-corrected chi connectivity index (χ0v) is 12.4. The van der Waals surface area contributed by atoms with Gasteiger partial charge < -0.3 is 0 Å². The van der Waals surface area contributed by atoms with Crippen molar-refractivity contribution in [3.8, 4) is 0 Å². The largest absolute Gasteiger partial charge is 0.283 e. The van der Waals surface area contributed by atoms with Crippen LogP contribution >= 0.6 is 22.9 Å². The second-order valence-corrected chi connectivity index (χ2v) is 6.63. The Kier molecular flexibility index (Phi) is 4.41. The molecule has 0 saturated carbocycles. The molecule has 1 aromatic carbocycles. The fraction of sp³-hybridized carbons (Fsp3) is 0.182. The Hall–Kier alpha value is -1.15. The van der Waals surface area contributed by atoms with E-state index in [0.29, 0.717) is 16.7 Å². The van der Waals surface area contributed by atoms with Crippen LogP contribution in [0.3, 0.4) is 0 Å². The Labute approximate surface area is 120 Å². The van der Waals surface area contributed by atoms with Crippen LogP contribution in [-0.2, 0) is 15.9 Å². The van der Waals surface area contributed by atoms with Crippen LogP contribution < -0.4 is 10.3 Å². The maximum Gasteiger partial charge on any atom is 0.257 e. The van der Waals surface area contributed by atoms with Crippen molar-refractivity contribution in [1.29, 1.82) is 0 Å². The summed E-state index contributed by atoms with van der Waals surface area (Å²) in [6.45, 7) is 1.89. The number of sulfonamides is 1. The van der Waals surface area contributed by atoms with Gasteiger partial charge in [-0.1, -0.05) is 17.7 Å². The van der Waals surface area contributed by atoms with Gasteiger partial charge >= 0.3 is 0 Å². The molecule has 0 bridgehead atoms. The summed E-state index contributed by atoms with van der Waals surface area (Å²) >= 11 is 6.90. The van der Waals surface area contributed by atoms with Crippen LogP contribution in [0.2, 0.25) is 0 Å². The minimum Gasteiger partial charge on any atom is -0.283 e. The van der Waals surface area contributed by atoms with Gasteiger partial charge in [-0.2, -0.15) is 0 Å². The van der Waals surface area contributed by atoms with Crippen LogP contribution in [0.25, 0.3) is 0 Å². The summed E-state index contributed by atoms with van der Waals surface area (Å²) in [5.74, 6) is 0.295. The van der Waals surface area contributed by atoms with Gasteiger partial charge in [-0.05, 0) is 19.1 Å². The first-order valence-corrected chi connectivity index (χ1v) is 8.26. The van der Waals surface area contributed by atoms with Gasteiger partial charge in [-0.25, -0.2) is 13.4 Å². The normalized spacial score (nSPS) is 11.5. The second-order valence-electron chi connectivity index (χ2n) is 3.82. The molecule has 0 atom stereocenters. The lowest BCUT2D eigenvalue weighted by Crippen LogP contribution is -2.29. The average Bonchev–Trinajstić information content (AvgIpc) is 2.85. The number of rotatable bonds is 5. The third-order valence-electron chi connectivity index (χ3n) is 2.31. The van der Waals surface area contributed by atoms with Crippen LogP contribution in [0.5, 0.6) is 0 Å². The molecule has 0 saturated heterocycles. The number of aromatic nitrogens is 1. The second kappa shape index (κ2) is 5.87. The number of nitrogens with zero attached hydrogens (tertiary/aromatic N) is 1. The van der Waals surface area contributed by atoms with Crippen molar-refractivity contribution >= 4 is 38.1 Å². The van der Waals surface area contributed by atoms with E-state index in [1.165, 1.54) is 11.3 Å². The van der Waals surface area contributed by atoms with Crippen LogP contribution in [-0.4, -0.2) is 13.4 Å². The summed E-state index contributed by atoms with van der Waals surface area (Å²) in [6.07, 6.45) is 0. The Morgan fingerprint density at radius 1 is 1.32 bits per heavy atom. The summed E-state index contributed by atoms with van der Waals surface area (Å²) < 4.78 is 23.9. The van der Waals surface area contributed by atoms with Crippen LogP contribution in [0, 0.1) is 6.92 Å². The standard InChI is InChI=1S/C11H12ClN3O2S2/c1-8-2-4-10(5-3-8)19(16,17)15-14-11-13-9(6-12)7-18-11/h2-5,7,15H,6H2,1H3,(H,13,14). The van der Waals surface area contributed by atoms with Crippen molar-refractivity contribution in [2.45, 2.75) is 17.7 Å². The minimum absolute atomic E-state index is 0.194. The molecule has 8 heteroatoms. The van der Waals surface area contributed by atoms with Gasteiger partial charge in [0.25, 0.3) is 10.0 Å². The summed E-state index contributed by atoms with van der Waals surface area (Å²) in [4.78, 5) is 6.56. The molecule has 102 valence electrons. The van der Waals surface area contributed by atoms with Gasteiger partial charge in [0.15, 0.2) is 5.13 Å². The monoisotopic (exact) mass is 317 g/mol. The van der Waals surface area contributed by atoms with Crippen molar-refractivity contribution in [2.75, 3.05) is 5.43 Å². The lowest BCUT2D eigenvalue weighted by atomic mass is 10.2. The first-order valence-electron chi connectivity index (χ1n) is 5.36. The lowest BCUT2D eigenvalue weighted by Gasteiger charge is -2.07. The van der Waals surface area contributed by atoms with Gasteiger partial charge in [0, 0.05) is 5.38 Å². The quantitative estimate of drug-likeness (QED) is 0.656. The van der Waals surface area contributed by atoms with E-state index >= 15 is 0 Å². The van der Waals surface area contributed by atoms with Gasteiger partial charge in [-0.15, -0.1) is 27.8 Å². The number of benzene rings is 1. The van der Waals surface area contributed by atoms with E-state index in [2.05, 4.69) is 15.2 Å². The first kappa shape index (κ1) is 14.3. The highest BCUT2D eigenvalue weighted by atomic mass is 35.5. The molecule has 5 nitrogen and oxygen atoms in total. The van der Waals surface area contributed by atoms with Crippen molar-refractivity contribution in [3.63, 3.8) is 0 Å². The molecule has 0 unspecified atom stereocenters. The Bertz CT molecular complexity index is 653. The molecule has 0 amide bonds. The molecule has 2 rings (SSSR count). The van der Waals surface area contributed by atoms with Crippen molar-refractivity contribution in [1.82, 2.24) is 9.82 Å². The predicted molar refractivity (Wildman–Crippen MR) is 76.8 cm³/mol. The fourth-order valence-electron chi connectivity index (χ4n) is 1.31. The number of anilines is 1. The van der Waals surface area contributed by atoms with Crippen LogP contribution in [0.4, 0.5) is 5.13 Å². The fourth-order valence-corrected chi connectivity index (χ4v) is 3.11. The van der Waals surface area contributed by atoms with Crippen LogP contribution in [0.1, 0.15) is 11.3 Å². The summed E-state index contributed by atoms with van der Waals surface area (Å²) in [6, 6.07) is 6.57. The highest BCUT2D eigenvalue weighted by Crippen LogP contribution is 2.16. The molecular weight excluding hydrogens is 306 g/mol. The third kappa shape index (κ3) is 3.66. The van der Waals surface area contributed by atoms with E-state index < -0.39 is 10.0 Å². The molecule has 1 aromatic heterocycles. The number of aryl methyl sites for hydroxylation is 1. The van der Waals surface area contributed by atoms with Gasteiger partial charge in [0.2, 0.25) is 0 Å². The average molecular weight is 318 g/mol. The molecule has 0 fully saturated rings. The predicted octanol–water partition coefficient (Wildman–Crippen LogP) is 2.50. The zero-order valence-electron chi connectivity index (χ0n) is 10.1. The van der Waals surface area contributed by atoms with E-state index in [1.807, 2.05) is 6.92 Å². The maximum absolute atomic E-state index is 12.0. The number of halogens is 1. The number of alkyl halides is 1. The molecule has 19 heavy (non-hydrogen) atoms. The SMILES string of the molecule is Cc1ccc(S(=O)(=O)NNc2nc(CCl)cs2)cc1. The lowest BCUT2D eigenvalue weighted by molar-refractivity contribution is 0.587. The Morgan fingerprint density at radius 3 is 2.58 bits per heavy atom. The Morgan fingerprint density at radius 2 is 2.00 bits per heavy atom. The van der Waals surface area contributed by atoms with E-state index in [4.69, 9.17) is 11.6 Å². The third-order valence-corrected chi connectivity index (χ3v) is 4.66. The Balaban J connectivity index is 2.07. The summed E-state index contributed by atoms with van der Waals surface area (Å²) in [5, 5.41) is 2.21. The summed E-state index contributed by atoms with van der Waals surface area (Å²) in [7, 11) is -3.60. The molecular formula is C11H12ClN3O2S2. The molecule has 1 heterocycles. The molecule has 0 spiro atoms. The molecule has 0 radical (unpaired) electrons. The number of hydrogen-bond acceptors (Lipinski definition) is 5. The van der Waals surface area contributed by atoms with Crippen molar-refractivity contribution in [3.05, 3.63) is 40.9 Å². The summed E-state index contributed by atoms with van der Waals surface area (Å²) in [5.41, 5.74) is 4.26. The van der Waals surface area contributed by atoms with E-state index in [0.717, 1.165) is 5.56 Å². The molecule has 2 N–H and O–H groups in total. The molecule has 2 aromatic rings.